The molecular weight excluding hydrogens is 506 g/mol. The van der Waals surface area contributed by atoms with Crippen LogP contribution < -0.4 is 0 Å². The summed E-state index contributed by atoms with van der Waals surface area (Å²) in [5, 5.41) is 18.1. The number of carbonyl (C=O) groups excluding carboxylic acids is 3. The molecule has 1 fully saturated rings. The van der Waals surface area contributed by atoms with E-state index >= 15 is 0 Å². The second-order valence-electron chi connectivity index (χ2n) is 10.2. The Hall–Kier alpha value is -5.24. The van der Waals surface area contributed by atoms with E-state index in [0.717, 1.165) is 5.56 Å². The van der Waals surface area contributed by atoms with Crippen molar-refractivity contribution in [2.45, 2.75) is 18.0 Å². The second kappa shape index (κ2) is 8.64. The van der Waals surface area contributed by atoms with Gasteiger partial charge in [-0.05, 0) is 16.7 Å². The molecule has 0 bridgehead atoms. The standard InChI is InChI=1S/C32H21N3O5/c36-28(19-9-2-1-3-10-19)27-26(20-12-8-13-22(17-20)35(39)40)32(30(37)24-15-6-7-16-25(24)31(32)38)29-23-14-5-4-11-21(23)18-33-34(27)29/h1-18,26-27,29H/t26-,27+,29?/m1/s1. The van der Waals surface area contributed by atoms with E-state index in [0.29, 0.717) is 16.7 Å². The third kappa shape index (κ3) is 3.07. The average Bonchev–Trinajstić information content (AvgIpc) is 3.43. The van der Waals surface area contributed by atoms with Crippen LogP contribution in [-0.2, 0) is 0 Å². The number of hydrogen-bond acceptors (Lipinski definition) is 7. The van der Waals surface area contributed by atoms with Gasteiger partial charge in [0.1, 0.15) is 11.5 Å². The van der Waals surface area contributed by atoms with E-state index in [1.807, 2.05) is 24.3 Å². The fourth-order valence-corrected chi connectivity index (χ4v) is 6.75. The molecule has 3 aliphatic rings. The Balaban J connectivity index is 1.57. The van der Waals surface area contributed by atoms with E-state index in [4.69, 9.17) is 5.10 Å². The van der Waals surface area contributed by atoms with Gasteiger partial charge in [-0.15, -0.1) is 0 Å². The molecule has 0 N–H and O–H groups in total. The Bertz CT molecular complexity index is 1750. The number of fused-ring (bicyclic) bond motifs is 5. The lowest BCUT2D eigenvalue weighted by Crippen LogP contribution is -2.43. The highest BCUT2D eigenvalue weighted by atomic mass is 16.6. The normalized spacial score (nSPS) is 21.7. The molecule has 40 heavy (non-hydrogen) atoms. The summed E-state index contributed by atoms with van der Waals surface area (Å²) in [5.74, 6) is -2.20. The molecule has 1 spiro atoms. The molecule has 0 radical (unpaired) electrons. The highest BCUT2D eigenvalue weighted by Gasteiger charge is 2.72. The van der Waals surface area contributed by atoms with Crippen LogP contribution in [0.15, 0.2) is 108 Å². The molecule has 4 aromatic carbocycles. The lowest BCUT2D eigenvalue weighted by molar-refractivity contribution is -0.384. The molecule has 7 rings (SSSR count). The van der Waals surface area contributed by atoms with Crippen molar-refractivity contribution < 1.29 is 19.3 Å². The summed E-state index contributed by atoms with van der Waals surface area (Å²) in [7, 11) is 0. The number of ketones is 3. The monoisotopic (exact) mass is 527 g/mol. The first-order chi connectivity index (χ1) is 19.4. The number of nitrogens with zero attached hydrogens (tertiary/aromatic N) is 3. The number of hydrazone groups is 1. The maximum absolute atomic E-state index is 14.7. The quantitative estimate of drug-likeness (QED) is 0.152. The van der Waals surface area contributed by atoms with E-state index < -0.39 is 39.9 Å². The molecule has 1 saturated heterocycles. The van der Waals surface area contributed by atoms with Crippen LogP contribution >= 0.6 is 0 Å². The first-order valence-corrected chi connectivity index (χ1v) is 12.9. The van der Waals surface area contributed by atoms with E-state index in [2.05, 4.69) is 0 Å². The molecule has 8 heteroatoms. The topological polar surface area (TPSA) is 110 Å². The predicted octanol–water partition coefficient (Wildman–Crippen LogP) is 5.40. The molecule has 3 atom stereocenters. The van der Waals surface area contributed by atoms with Gasteiger partial charge in [0.15, 0.2) is 17.3 Å². The highest BCUT2D eigenvalue weighted by molar-refractivity contribution is 6.31. The molecule has 4 aromatic rings. The fourth-order valence-electron chi connectivity index (χ4n) is 6.75. The Morgan fingerprint density at radius 3 is 2.17 bits per heavy atom. The summed E-state index contributed by atoms with van der Waals surface area (Å²) in [4.78, 5) is 55.0. The molecule has 194 valence electrons. The molecule has 0 aromatic heterocycles. The lowest BCUT2D eigenvalue weighted by Gasteiger charge is -2.36. The molecule has 8 nitrogen and oxygen atoms in total. The van der Waals surface area contributed by atoms with Crippen LogP contribution in [0.25, 0.3) is 0 Å². The molecule has 2 heterocycles. The largest absolute Gasteiger partial charge is 0.293 e. The SMILES string of the molecule is O=C(c1ccccc1)[C@@H]1[C@@H](c2cccc([N+](=O)[O-])c2)C2(C(=O)c3ccccc3C2=O)C2c3ccccc3C=NN21. The number of rotatable bonds is 4. The molecular formula is C32H21N3O5. The van der Waals surface area contributed by atoms with Crippen molar-refractivity contribution in [1.29, 1.82) is 0 Å². The molecule has 0 amide bonds. The van der Waals surface area contributed by atoms with Gasteiger partial charge in [0.2, 0.25) is 0 Å². The zero-order valence-corrected chi connectivity index (χ0v) is 21.0. The maximum Gasteiger partial charge on any atom is 0.269 e. The van der Waals surface area contributed by atoms with Gasteiger partial charge >= 0.3 is 0 Å². The number of carbonyl (C=O) groups is 3. The second-order valence-corrected chi connectivity index (χ2v) is 10.2. The van der Waals surface area contributed by atoms with E-state index in [9.17, 15) is 24.5 Å². The van der Waals surface area contributed by atoms with E-state index in [-0.39, 0.29) is 22.6 Å². The minimum atomic E-state index is -1.78. The number of nitro benzene ring substituents is 1. The summed E-state index contributed by atoms with van der Waals surface area (Å²) >= 11 is 0. The van der Waals surface area contributed by atoms with Gasteiger partial charge in [-0.25, -0.2) is 0 Å². The number of Topliss-reactive ketones (excluding diaryl/α,β-unsaturated/α-hetero) is 3. The van der Waals surface area contributed by atoms with Gasteiger partial charge in [0.25, 0.3) is 5.69 Å². The van der Waals surface area contributed by atoms with Crippen LogP contribution in [0.2, 0.25) is 0 Å². The molecule has 1 unspecified atom stereocenters. The fraction of sp³-hybridized carbons (Fsp3) is 0.125. The third-order valence-corrected chi connectivity index (χ3v) is 8.34. The van der Waals surface area contributed by atoms with Gasteiger partial charge in [0.05, 0.1) is 17.2 Å². The summed E-state index contributed by atoms with van der Waals surface area (Å²) < 4.78 is 0. The Kier molecular flexibility index (Phi) is 5.15. The van der Waals surface area contributed by atoms with Crippen molar-refractivity contribution in [3.8, 4) is 0 Å². The van der Waals surface area contributed by atoms with E-state index in [1.165, 1.54) is 18.2 Å². The molecule has 2 aliphatic heterocycles. The summed E-state index contributed by atoms with van der Waals surface area (Å²) in [6.07, 6.45) is 1.64. The van der Waals surface area contributed by atoms with Crippen LogP contribution in [0.4, 0.5) is 5.69 Å². The molecule has 0 saturated carbocycles. The summed E-state index contributed by atoms with van der Waals surface area (Å²) in [6, 6.07) is 26.6. The van der Waals surface area contributed by atoms with Gasteiger partial charge in [0, 0.05) is 34.7 Å². The smallest absolute Gasteiger partial charge is 0.269 e. The number of benzene rings is 4. The number of hydrogen-bond donors (Lipinski definition) is 0. The van der Waals surface area contributed by atoms with Gasteiger partial charge in [-0.1, -0.05) is 91.0 Å². The maximum atomic E-state index is 14.7. The van der Waals surface area contributed by atoms with Crippen molar-refractivity contribution in [3.63, 3.8) is 0 Å². The lowest BCUT2D eigenvalue weighted by atomic mass is 9.63. The van der Waals surface area contributed by atoms with Crippen LogP contribution in [0.5, 0.6) is 0 Å². The van der Waals surface area contributed by atoms with Crippen LogP contribution in [0.1, 0.15) is 59.7 Å². The zero-order chi connectivity index (χ0) is 27.6. The third-order valence-electron chi connectivity index (χ3n) is 8.34. The Labute approximate surface area is 228 Å². The number of nitro groups is 1. The van der Waals surface area contributed by atoms with Gasteiger partial charge in [-0.2, -0.15) is 5.10 Å². The van der Waals surface area contributed by atoms with Crippen molar-refractivity contribution in [2.75, 3.05) is 0 Å². The van der Waals surface area contributed by atoms with Crippen LogP contribution in [-0.4, -0.2) is 39.5 Å². The minimum absolute atomic E-state index is 0.192. The van der Waals surface area contributed by atoms with Crippen molar-refractivity contribution in [1.82, 2.24) is 5.01 Å². The zero-order valence-electron chi connectivity index (χ0n) is 21.0. The Morgan fingerprint density at radius 2 is 1.48 bits per heavy atom. The van der Waals surface area contributed by atoms with Crippen LogP contribution in [0, 0.1) is 15.5 Å². The highest BCUT2D eigenvalue weighted by Crippen LogP contribution is 2.64. The minimum Gasteiger partial charge on any atom is -0.293 e. The average molecular weight is 528 g/mol. The Morgan fingerprint density at radius 1 is 0.825 bits per heavy atom. The summed E-state index contributed by atoms with van der Waals surface area (Å²) in [6.45, 7) is 0. The van der Waals surface area contributed by atoms with Crippen molar-refractivity contribution in [2.24, 2.45) is 10.5 Å². The molecule has 1 aliphatic carbocycles. The van der Waals surface area contributed by atoms with Crippen molar-refractivity contribution >= 4 is 29.3 Å². The first kappa shape index (κ1) is 23.8. The van der Waals surface area contributed by atoms with Crippen LogP contribution in [0.3, 0.4) is 0 Å². The number of non-ortho nitro benzene ring substituents is 1. The summed E-state index contributed by atoms with van der Waals surface area (Å²) in [5.41, 5.74) is 0.787. The van der Waals surface area contributed by atoms with E-state index in [1.54, 1.807) is 71.9 Å². The predicted molar refractivity (Wildman–Crippen MR) is 147 cm³/mol. The van der Waals surface area contributed by atoms with Crippen molar-refractivity contribution in [3.05, 3.63) is 147 Å². The van der Waals surface area contributed by atoms with Gasteiger partial charge in [-0.3, -0.25) is 29.5 Å². The van der Waals surface area contributed by atoms with Gasteiger partial charge < -0.3 is 0 Å². The first-order valence-electron chi connectivity index (χ1n) is 12.9.